The molecule has 6 heteroatoms. The highest BCUT2D eigenvalue weighted by molar-refractivity contribution is 5.81. The number of unbranched alkanes of at least 4 members (excludes halogenated alkanes) is 2. The summed E-state index contributed by atoms with van der Waals surface area (Å²) >= 11 is 0. The Kier molecular flexibility index (Phi) is 18.0. The molecule has 0 saturated carbocycles. The number of nitrogens with zero attached hydrogens (tertiary/aromatic N) is 1. The van der Waals surface area contributed by atoms with Gasteiger partial charge in [-0.25, -0.2) is 0 Å². The summed E-state index contributed by atoms with van der Waals surface area (Å²) < 4.78 is 16.2. The summed E-state index contributed by atoms with van der Waals surface area (Å²) in [6.07, 6.45) is 6.16. The van der Waals surface area contributed by atoms with Crippen molar-refractivity contribution in [3.8, 4) is 0 Å². The fraction of sp³-hybridized carbons (Fsp3) is 0.920. The van der Waals surface area contributed by atoms with Crippen LogP contribution in [0, 0.1) is 17.8 Å². The molecule has 0 aromatic heterocycles. The second-order valence-corrected chi connectivity index (χ2v) is 9.46. The number of Topliss-reactive ketones (excluding diaryl/α,β-unsaturated/α-hetero) is 1. The molecule has 2 unspecified atom stereocenters. The molecule has 0 saturated heterocycles. The monoisotopic (exact) mass is 443 g/mol. The number of hydrogen-bond acceptors (Lipinski definition) is 6. The van der Waals surface area contributed by atoms with Crippen LogP contribution in [0.5, 0.6) is 0 Å². The number of carbonyl (C=O) groups is 2. The minimum atomic E-state index is -0.186. The van der Waals surface area contributed by atoms with Gasteiger partial charge >= 0.3 is 5.97 Å². The van der Waals surface area contributed by atoms with Crippen LogP contribution < -0.4 is 0 Å². The number of ketones is 1. The first-order valence-electron chi connectivity index (χ1n) is 12.2. The normalized spacial score (nSPS) is 13.7. The van der Waals surface area contributed by atoms with Gasteiger partial charge in [0, 0.05) is 25.2 Å². The van der Waals surface area contributed by atoms with Crippen LogP contribution >= 0.6 is 0 Å². The van der Waals surface area contributed by atoms with Crippen molar-refractivity contribution in [3.05, 3.63) is 0 Å². The van der Waals surface area contributed by atoms with Crippen molar-refractivity contribution in [2.75, 3.05) is 46.6 Å². The lowest BCUT2D eigenvalue weighted by Gasteiger charge is -2.20. The fourth-order valence-electron chi connectivity index (χ4n) is 2.91. The average Bonchev–Trinajstić information content (AvgIpc) is 2.72. The van der Waals surface area contributed by atoms with Crippen molar-refractivity contribution in [1.82, 2.24) is 4.90 Å². The average molecular weight is 444 g/mol. The Morgan fingerprint density at radius 2 is 1.48 bits per heavy atom. The van der Waals surface area contributed by atoms with Crippen molar-refractivity contribution in [3.63, 3.8) is 0 Å². The molecular weight excluding hydrogens is 394 g/mol. The molecule has 0 aromatic carbocycles. The third kappa shape index (κ3) is 17.3. The maximum absolute atomic E-state index is 12.2. The number of esters is 1. The van der Waals surface area contributed by atoms with Gasteiger partial charge in [0.2, 0.25) is 0 Å². The summed E-state index contributed by atoms with van der Waals surface area (Å²) in [6, 6.07) is 0.590. The van der Waals surface area contributed by atoms with E-state index in [9.17, 15) is 9.59 Å². The Balaban J connectivity index is 3.63. The highest BCUT2D eigenvalue weighted by Crippen LogP contribution is 2.16. The lowest BCUT2D eigenvalue weighted by Crippen LogP contribution is -2.27. The highest BCUT2D eigenvalue weighted by Gasteiger charge is 2.15. The van der Waals surface area contributed by atoms with Crippen LogP contribution in [0.1, 0.15) is 80.1 Å². The lowest BCUT2D eigenvalue weighted by atomic mass is 9.94. The third-order valence-corrected chi connectivity index (χ3v) is 5.77. The van der Waals surface area contributed by atoms with Crippen LogP contribution in [-0.4, -0.2) is 69.3 Å². The van der Waals surface area contributed by atoms with Crippen LogP contribution in [0.25, 0.3) is 0 Å². The predicted molar refractivity (Wildman–Crippen MR) is 126 cm³/mol. The number of hydrogen-bond donors (Lipinski definition) is 0. The molecule has 0 fully saturated rings. The number of rotatable bonds is 20. The number of carbonyl (C=O) groups excluding carboxylic acids is 2. The van der Waals surface area contributed by atoms with Crippen molar-refractivity contribution in [1.29, 1.82) is 0 Å². The van der Waals surface area contributed by atoms with Gasteiger partial charge in [0.25, 0.3) is 0 Å². The molecule has 0 aliphatic heterocycles. The fourth-order valence-corrected chi connectivity index (χ4v) is 2.91. The zero-order chi connectivity index (χ0) is 23.6. The molecule has 0 radical (unpaired) electrons. The van der Waals surface area contributed by atoms with Crippen LogP contribution in [0.3, 0.4) is 0 Å². The van der Waals surface area contributed by atoms with E-state index in [1.54, 1.807) is 0 Å². The van der Waals surface area contributed by atoms with Crippen molar-refractivity contribution in [2.24, 2.45) is 17.8 Å². The molecule has 184 valence electrons. The van der Waals surface area contributed by atoms with E-state index in [0.717, 1.165) is 38.6 Å². The van der Waals surface area contributed by atoms with E-state index in [0.29, 0.717) is 38.4 Å². The van der Waals surface area contributed by atoms with E-state index >= 15 is 0 Å². The molecule has 0 aliphatic carbocycles. The van der Waals surface area contributed by atoms with E-state index in [-0.39, 0.29) is 30.2 Å². The van der Waals surface area contributed by atoms with E-state index in [2.05, 4.69) is 32.7 Å². The topological polar surface area (TPSA) is 65.1 Å². The Bertz CT molecular complexity index is 467. The van der Waals surface area contributed by atoms with E-state index in [1.165, 1.54) is 6.42 Å². The van der Waals surface area contributed by atoms with Gasteiger partial charge in [-0.15, -0.1) is 0 Å². The molecular formula is C25H49NO5. The first kappa shape index (κ1) is 30.0. The predicted octanol–water partition coefficient (Wildman–Crippen LogP) is 4.74. The van der Waals surface area contributed by atoms with Gasteiger partial charge in [-0.3, -0.25) is 9.59 Å². The largest absolute Gasteiger partial charge is 0.463 e. The maximum atomic E-state index is 12.2. The van der Waals surface area contributed by atoms with Crippen LogP contribution in [-0.2, 0) is 23.8 Å². The van der Waals surface area contributed by atoms with Gasteiger partial charge in [-0.1, -0.05) is 27.7 Å². The van der Waals surface area contributed by atoms with Crippen LogP contribution in [0.4, 0.5) is 0 Å². The molecule has 0 rings (SSSR count). The van der Waals surface area contributed by atoms with Gasteiger partial charge in [-0.05, 0) is 71.9 Å². The van der Waals surface area contributed by atoms with Crippen LogP contribution in [0.2, 0.25) is 0 Å². The Hall–Kier alpha value is -0.980. The second kappa shape index (κ2) is 18.6. The van der Waals surface area contributed by atoms with Gasteiger partial charge < -0.3 is 19.1 Å². The van der Waals surface area contributed by atoms with Crippen molar-refractivity contribution >= 4 is 11.8 Å². The molecule has 0 aliphatic rings. The Morgan fingerprint density at radius 1 is 0.774 bits per heavy atom. The minimum absolute atomic E-state index is 0.0403. The number of ether oxygens (including phenoxy) is 3. The third-order valence-electron chi connectivity index (χ3n) is 5.77. The zero-order valence-corrected chi connectivity index (χ0v) is 21.3. The van der Waals surface area contributed by atoms with E-state index in [1.807, 2.05) is 20.8 Å². The SMILES string of the molecule is CC(CCOCCOC(=O)C(C)C)CCC(C)C(=O)COCCCCCN(C)C(C)C. The summed E-state index contributed by atoms with van der Waals surface area (Å²) in [5, 5.41) is 0. The first-order valence-corrected chi connectivity index (χ1v) is 12.2. The van der Waals surface area contributed by atoms with Gasteiger partial charge in [0.15, 0.2) is 5.78 Å². The van der Waals surface area contributed by atoms with Crippen molar-refractivity contribution in [2.45, 2.75) is 86.1 Å². The van der Waals surface area contributed by atoms with Gasteiger partial charge in [0.1, 0.15) is 13.2 Å². The van der Waals surface area contributed by atoms with Gasteiger partial charge in [-0.2, -0.15) is 0 Å². The van der Waals surface area contributed by atoms with Gasteiger partial charge in [0.05, 0.1) is 12.5 Å². The van der Waals surface area contributed by atoms with E-state index in [4.69, 9.17) is 14.2 Å². The zero-order valence-electron chi connectivity index (χ0n) is 21.3. The highest BCUT2D eigenvalue weighted by atomic mass is 16.6. The molecule has 0 heterocycles. The molecule has 0 bridgehead atoms. The summed E-state index contributed by atoms with van der Waals surface area (Å²) in [5.74, 6) is 0.456. The molecule has 0 aromatic rings. The molecule has 0 amide bonds. The summed E-state index contributed by atoms with van der Waals surface area (Å²) in [5.41, 5.74) is 0. The van der Waals surface area contributed by atoms with E-state index < -0.39 is 0 Å². The van der Waals surface area contributed by atoms with Crippen molar-refractivity contribution < 1.29 is 23.8 Å². The second-order valence-electron chi connectivity index (χ2n) is 9.46. The first-order chi connectivity index (χ1) is 14.6. The Labute approximate surface area is 191 Å². The summed E-state index contributed by atoms with van der Waals surface area (Å²) in [4.78, 5) is 25.9. The standard InChI is InChI=1S/C25H49NO5/c1-20(2)25(28)31-18-17-29-16-13-22(5)11-12-23(6)24(27)19-30-15-10-8-9-14-26(7)21(3)4/h20-23H,8-19H2,1-7H3. The minimum Gasteiger partial charge on any atom is -0.463 e. The molecule has 31 heavy (non-hydrogen) atoms. The molecule has 2 atom stereocenters. The van der Waals surface area contributed by atoms with Crippen LogP contribution in [0.15, 0.2) is 0 Å². The maximum Gasteiger partial charge on any atom is 0.308 e. The molecule has 6 nitrogen and oxygen atoms in total. The molecule has 0 N–H and O–H groups in total. The smallest absolute Gasteiger partial charge is 0.308 e. The summed E-state index contributed by atoms with van der Waals surface area (Å²) in [6.45, 7) is 15.7. The quantitative estimate of drug-likeness (QED) is 0.200. The lowest BCUT2D eigenvalue weighted by molar-refractivity contribution is -0.148. The molecule has 0 spiro atoms. The Morgan fingerprint density at radius 3 is 2.13 bits per heavy atom. The summed E-state index contributed by atoms with van der Waals surface area (Å²) in [7, 11) is 2.16.